The summed E-state index contributed by atoms with van der Waals surface area (Å²) in [5.41, 5.74) is 5.73. The Morgan fingerprint density at radius 2 is 1.08 bits per heavy atom. The summed E-state index contributed by atoms with van der Waals surface area (Å²) in [6.07, 6.45) is 9.46. The first-order valence-electron chi connectivity index (χ1n) is 7.83. The molecule has 0 aromatic heterocycles. The Morgan fingerprint density at radius 1 is 0.708 bits per heavy atom. The first-order chi connectivity index (χ1) is 10.6. The molecule has 0 heterocycles. The van der Waals surface area contributed by atoms with Crippen LogP contribution in [0.15, 0.2) is 60.7 Å². The van der Waals surface area contributed by atoms with Gasteiger partial charge in [0.1, 0.15) is 0 Å². The van der Waals surface area contributed by atoms with E-state index in [1.807, 2.05) is 0 Å². The normalized spacial score (nSPS) is 25.4. The second-order valence-electron chi connectivity index (χ2n) is 6.72. The maximum atomic E-state index is 4.84. The van der Waals surface area contributed by atoms with E-state index in [4.69, 9.17) is 4.21 Å². The third kappa shape index (κ3) is 2.66. The van der Waals surface area contributed by atoms with Crippen LogP contribution in [-0.4, -0.2) is 4.21 Å². The molecule has 2 unspecified atom stereocenters. The zero-order valence-corrected chi connectivity index (χ0v) is 18.0. The molecular weight excluding hydrogens is 414 g/mol. The van der Waals surface area contributed by atoms with Gasteiger partial charge in [-0.25, -0.2) is 0 Å². The summed E-state index contributed by atoms with van der Waals surface area (Å²) in [6, 6.07) is 17.7. The molecule has 0 nitrogen and oxygen atoms in total. The van der Waals surface area contributed by atoms with Crippen molar-refractivity contribution in [1.29, 1.82) is 0 Å². The van der Waals surface area contributed by atoms with Gasteiger partial charge in [-0.3, -0.25) is 0 Å². The van der Waals surface area contributed by atoms with E-state index in [1.54, 1.807) is 0 Å². The van der Waals surface area contributed by atoms with Gasteiger partial charge in [0.15, 0.2) is 0 Å². The molecule has 0 amide bonds. The van der Waals surface area contributed by atoms with E-state index >= 15 is 0 Å². The van der Waals surface area contributed by atoms with Gasteiger partial charge in [-0.15, -0.1) is 24.8 Å². The molecule has 2 aromatic carbocycles. The van der Waals surface area contributed by atoms with Crippen molar-refractivity contribution in [2.45, 2.75) is 20.1 Å². The summed E-state index contributed by atoms with van der Waals surface area (Å²) in [4.78, 5) is 0. The molecule has 2 aromatic rings. The van der Waals surface area contributed by atoms with Crippen LogP contribution in [0.4, 0.5) is 0 Å². The number of hydrogen-bond acceptors (Lipinski definition) is 0. The molecule has 24 heavy (non-hydrogen) atoms. The number of allylic oxidation sites excluding steroid dienone is 2. The number of fused-ring (bicyclic) bond motifs is 2. The summed E-state index contributed by atoms with van der Waals surface area (Å²) in [7, 11) is 0. The van der Waals surface area contributed by atoms with Crippen LogP contribution in [0.3, 0.4) is 0 Å². The molecule has 4 rings (SSSR count). The zero-order chi connectivity index (χ0) is 15.4. The number of rotatable bonds is 2. The first-order valence-corrected chi connectivity index (χ1v) is 12.0. The molecule has 2 aliphatic rings. The fourth-order valence-electron chi connectivity index (χ4n) is 3.99. The van der Waals surface area contributed by atoms with E-state index in [2.05, 4.69) is 86.7 Å². The third-order valence-electron chi connectivity index (χ3n) is 5.49. The number of benzene rings is 2. The van der Waals surface area contributed by atoms with Gasteiger partial charge in [0.25, 0.3) is 0 Å². The molecule has 124 valence electrons. The third-order valence-corrected chi connectivity index (χ3v) is 13.8. The molecule has 0 fully saturated rings. The average Bonchev–Trinajstić information content (AvgIpc) is 3.08. The van der Waals surface area contributed by atoms with Gasteiger partial charge in [-0.1, -0.05) is 0 Å². The maximum absolute atomic E-state index is 4.84. The van der Waals surface area contributed by atoms with Crippen molar-refractivity contribution in [2.75, 3.05) is 0 Å². The Balaban J connectivity index is 0.00000104. The van der Waals surface area contributed by atoms with Crippen LogP contribution < -0.4 is 0 Å². The van der Waals surface area contributed by atoms with E-state index in [9.17, 15) is 0 Å². The van der Waals surface area contributed by atoms with Gasteiger partial charge < -0.3 is 0 Å². The Hall–Kier alpha value is -0.747. The molecular formula is C21H22Cl2Zr. The van der Waals surface area contributed by atoms with Crippen LogP contribution in [0.25, 0.3) is 12.2 Å². The molecule has 2 atom stereocenters. The van der Waals surface area contributed by atoms with E-state index in [1.165, 1.54) is 22.3 Å². The van der Waals surface area contributed by atoms with Gasteiger partial charge in [-0.05, 0) is 0 Å². The molecule has 0 aliphatic heterocycles. The molecule has 2 aliphatic carbocycles. The first kappa shape index (κ1) is 19.6. The van der Waals surface area contributed by atoms with Crippen LogP contribution in [0, 0.1) is 0 Å². The van der Waals surface area contributed by atoms with Crippen LogP contribution in [0.1, 0.15) is 36.1 Å². The summed E-state index contributed by atoms with van der Waals surface area (Å²) in [5.74, 6) is 0. The summed E-state index contributed by atoms with van der Waals surface area (Å²) < 4.78 is 5.16. The average molecular weight is 437 g/mol. The number of halogens is 2. The van der Waals surface area contributed by atoms with Crippen molar-refractivity contribution >= 4 is 41.2 Å². The number of hydrogen-bond donors (Lipinski definition) is 0. The van der Waals surface area contributed by atoms with Crippen molar-refractivity contribution in [2.24, 2.45) is 0 Å². The predicted octanol–water partition coefficient (Wildman–Crippen LogP) is 5.76. The SMILES string of the molecule is Cl.Cl.[CH2]=[Zr]([C]1(C)C=Cc2ccccc21)[C]1(C)C=Cc2ccccc21. The van der Waals surface area contributed by atoms with Crippen molar-refractivity contribution in [1.82, 2.24) is 0 Å². The van der Waals surface area contributed by atoms with Gasteiger partial charge in [-0.2, -0.15) is 0 Å². The van der Waals surface area contributed by atoms with Gasteiger partial charge in [0.05, 0.1) is 0 Å². The minimum atomic E-state index is -2.13. The van der Waals surface area contributed by atoms with Crippen LogP contribution in [-0.2, 0) is 27.5 Å². The van der Waals surface area contributed by atoms with Crippen LogP contribution >= 0.6 is 24.8 Å². The summed E-state index contributed by atoms with van der Waals surface area (Å²) >= 11 is -2.13. The Kier molecular flexibility index (Phi) is 5.60. The van der Waals surface area contributed by atoms with Gasteiger partial charge in [0.2, 0.25) is 0 Å². The fourth-order valence-corrected chi connectivity index (χ4v) is 10.8. The Bertz CT molecular complexity index is 783. The zero-order valence-electron chi connectivity index (χ0n) is 14.0. The molecule has 0 saturated heterocycles. The van der Waals surface area contributed by atoms with Crippen molar-refractivity contribution < 1.29 is 21.3 Å². The minimum absolute atomic E-state index is 0. The Morgan fingerprint density at radius 3 is 1.50 bits per heavy atom. The molecule has 0 N–H and O–H groups in total. The van der Waals surface area contributed by atoms with E-state index in [0.29, 0.717) is 0 Å². The second kappa shape index (κ2) is 6.87. The van der Waals surface area contributed by atoms with Gasteiger partial charge in [0, 0.05) is 0 Å². The fraction of sp³-hybridized carbons (Fsp3) is 0.190. The molecule has 0 radical (unpaired) electrons. The van der Waals surface area contributed by atoms with Gasteiger partial charge >= 0.3 is 141 Å². The Labute approximate surface area is 164 Å². The van der Waals surface area contributed by atoms with Crippen molar-refractivity contribution in [3.8, 4) is 0 Å². The molecule has 3 heteroatoms. The van der Waals surface area contributed by atoms with E-state index in [0.717, 1.165) is 0 Å². The van der Waals surface area contributed by atoms with Crippen molar-refractivity contribution in [3.05, 3.63) is 82.9 Å². The van der Waals surface area contributed by atoms with E-state index in [-0.39, 0.29) is 31.1 Å². The topological polar surface area (TPSA) is 0 Å². The van der Waals surface area contributed by atoms with Crippen LogP contribution in [0.2, 0.25) is 0 Å². The summed E-state index contributed by atoms with van der Waals surface area (Å²) in [6.45, 7) is 4.83. The van der Waals surface area contributed by atoms with Crippen molar-refractivity contribution in [3.63, 3.8) is 0 Å². The quantitative estimate of drug-likeness (QED) is 0.561. The van der Waals surface area contributed by atoms with Crippen LogP contribution in [0.5, 0.6) is 0 Å². The molecule has 0 bridgehead atoms. The second-order valence-corrected chi connectivity index (χ2v) is 14.2. The predicted molar refractivity (Wildman–Crippen MR) is 107 cm³/mol. The molecule has 0 spiro atoms. The standard InChI is InChI=1S/2C10H9.CH2.2ClH.Zr/c2*1-8-6-7-9-4-2-3-5-10(8)9;;;;/h2*2-7H,1H3;1H2;2*1H;. The summed E-state index contributed by atoms with van der Waals surface area (Å²) in [5, 5.41) is 0. The van der Waals surface area contributed by atoms with E-state index < -0.39 is 21.3 Å². The monoisotopic (exact) mass is 434 g/mol. The molecule has 0 saturated carbocycles.